The van der Waals surface area contributed by atoms with E-state index < -0.39 is 17.1 Å². The predicted molar refractivity (Wildman–Crippen MR) is 63.0 cm³/mol. The number of halogens is 1. The minimum absolute atomic E-state index is 0.142. The van der Waals surface area contributed by atoms with E-state index >= 15 is 0 Å². The fourth-order valence-electron chi connectivity index (χ4n) is 1.40. The summed E-state index contributed by atoms with van der Waals surface area (Å²) in [6.07, 6.45) is -2.35. The number of likely N-dealkylation sites (N-methyl/N-ethyl adjacent to an activating group) is 1. The van der Waals surface area contributed by atoms with Gasteiger partial charge < -0.3 is 15.5 Å². The Labute approximate surface area is 103 Å². The molecule has 0 radical (unpaired) electrons. The van der Waals surface area contributed by atoms with Crippen LogP contribution in [-0.2, 0) is 0 Å². The van der Waals surface area contributed by atoms with E-state index in [4.69, 9.17) is 11.6 Å². The van der Waals surface area contributed by atoms with Gasteiger partial charge in [-0.2, -0.15) is 0 Å². The third-order valence-corrected chi connectivity index (χ3v) is 2.63. The van der Waals surface area contributed by atoms with Gasteiger partial charge >= 0.3 is 0 Å². The van der Waals surface area contributed by atoms with Crippen molar-refractivity contribution in [2.75, 3.05) is 13.6 Å². The largest absolute Gasteiger partial charge is 0.389 e. The van der Waals surface area contributed by atoms with Crippen molar-refractivity contribution < 1.29 is 15.1 Å². The summed E-state index contributed by atoms with van der Waals surface area (Å²) in [6, 6.07) is 3.72. The molecule has 0 spiro atoms. The molecule has 0 saturated carbocycles. The van der Waals surface area contributed by atoms with E-state index in [0.29, 0.717) is 0 Å². The normalized spacial score (nSPS) is 14.4. The Balaban J connectivity index is 3.03. The van der Waals surface area contributed by atoms with Crippen molar-refractivity contribution in [3.8, 4) is 0 Å². The van der Waals surface area contributed by atoms with Crippen molar-refractivity contribution in [3.05, 3.63) is 38.9 Å². The number of hydrogen-bond acceptors (Lipinski definition) is 5. The number of nitro groups is 1. The van der Waals surface area contributed by atoms with Crippen LogP contribution in [0.25, 0.3) is 0 Å². The lowest BCUT2D eigenvalue weighted by Gasteiger charge is -2.18. The van der Waals surface area contributed by atoms with Crippen molar-refractivity contribution in [1.82, 2.24) is 5.32 Å². The third-order valence-electron chi connectivity index (χ3n) is 2.29. The van der Waals surface area contributed by atoms with Gasteiger partial charge in [0.2, 0.25) is 0 Å². The minimum Gasteiger partial charge on any atom is -0.389 e. The number of aliphatic hydroxyl groups is 2. The van der Waals surface area contributed by atoms with Crippen LogP contribution in [0.3, 0.4) is 0 Å². The molecule has 94 valence electrons. The molecule has 2 unspecified atom stereocenters. The van der Waals surface area contributed by atoms with E-state index in [1.807, 2.05) is 0 Å². The molecule has 1 rings (SSSR count). The Bertz CT molecular complexity index is 413. The van der Waals surface area contributed by atoms with E-state index in [9.17, 15) is 20.3 Å². The molecule has 1 aromatic rings. The van der Waals surface area contributed by atoms with Gasteiger partial charge in [-0.1, -0.05) is 11.6 Å². The van der Waals surface area contributed by atoms with Crippen molar-refractivity contribution in [2.24, 2.45) is 0 Å². The van der Waals surface area contributed by atoms with E-state index in [-0.39, 0.29) is 22.8 Å². The Hall–Kier alpha value is -1.21. The molecule has 7 heteroatoms. The van der Waals surface area contributed by atoms with Crippen molar-refractivity contribution in [1.29, 1.82) is 0 Å². The van der Waals surface area contributed by atoms with Crippen LogP contribution in [0.2, 0.25) is 5.02 Å². The number of hydrogen-bond donors (Lipinski definition) is 3. The number of nitrogens with one attached hydrogen (secondary N) is 1. The van der Waals surface area contributed by atoms with Crippen LogP contribution in [0.15, 0.2) is 18.2 Å². The van der Waals surface area contributed by atoms with Gasteiger partial charge in [0.1, 0.15) is 6.10 Å². The van der Waals surface area contributed by atoms with Gasteiger partial charge in [0.25, 0.3) is 5.69 Å². The lowest BCUT2D eigenvalue weighted by atomic mass is 10.0. The summed E-state index contributed by atoms with van der Waals surface area (Å²) < 4.78 is 0. The number of benzene rings is 1. The summed E-state index contributed by atoms with van der Waals surface area (Å²) in [5.41, 5.74) is -0.0382. The Kier molecular flexibility index (Phi) is 4.83. The summed E-state index contributed by atoms with van der Waals surface area (Å²) in [5.74, 6) is 0. The molecule has 3 N–H and O–H groups in total. The van der Waals surface area contributed by atoms with Crippen LogP contribution >= 0.6 is 11.6 Å². The molecule has 0 bridgehead atoms. The second-order valence-electron chi connectivity index (χ2n) is 3.53. The van der Waals surface area contributed by atoms with Crippen LogP contribution in [0.4, 0.5) is 5.69 Å². The average Bonchev–Trinajstić information content (AvgIpc) is 2.28. The van der Waals surface area contributed by atoms with Gasteiger partial charge in [-0.15, -0.1) is 0 Å². The van der Waals surface area contributed by atoms with Crippen LogP contribution in [0, 0.1) is 10.1 Å². The van der Waals surface area contributed by atoms with Gasteiger partial charge in [0, 0.05) is 29.3 Å². The molecule has 1 aromatic carbocycles. The lowest BCUT2D eigenvalue weighted by Crippen LogP contribution is -2.29. The van der Waals surface area contributed by atoms with Crippen molar-refractivity contribution >= 4 is 17.3 Å². The molecule has 0 aliphatic heterocycles. The first kappa shape index (κ1) is 13.9. The molecule has 6 nitrogen and oxygen atoms in total. The van der Waals surface area contributed by atoms with Crippen molar-refractivity contribution in [2.45, 2.75) is 12.2 Å². The molecule has 0 saturated heterocycles. The van der Waals surface area contributed by atoms with E-state index in [1.165, 1.54) is 12.1 Å². The molecule has 0 heterocycles. The minimum atomic E-state index is -1.27. The lowest BCUT2D eigenvalue weighted by molar-refractivity contribution is -0.385. The summed E-state index contributed by atoms with van der Waals surface area (Å²) >= 11 is 5.83. The topological polar surface area (TPSA) is 95.6 Å². The fraction of sp³-hybridized carbons (Fsp3) is 0.400. The van der Waals surface area contributed by atoms with Gasteiger partial charge in [0.05, 0.1) is 11.0 Å². The first-order chi connectivity index (χ1) is 7.97. The first-order valence-corrected chi connectivity index (χ1v) is 5.29. The zero-order valence-corrected chi connectivity index (χ0v) is 9.89. The average molecular weight is 261 g/mol. The SMILES string of the molecule is CNCC(O)C(O)c1cc([N+](=O)[O-])ccc1Cl. The highest BCUT2D eigenvalue weighted by Gasteiger charge is 2.22. The quantitative estimate of drug-likeness (QED) is 0.539. The molecule has 0 fully saturated rings. The fourth-order valence-corrected chi connectivity index (χ4v) is 1.63. The van der Waals surface area contributed by atoms with Crippen LogP contribution in [-0.4, -0.2) is 34.8 Å². The van der Waals surface area contributed by atoms with Crippen LogP contribution in [0.1, 0.15) is 11.7 Å². The third kappa shape index (κ3) is 3.37. The number of nitrogens with zero attached hydrogens (tertiary/aromatic N) is 1. The molecule has 17 heavy (non-hydrogen) atoms. The molecule has 2 atom stereocenters. The number of rotatable bonds is 5. The summed E-state index contributed by atoms with van der Waals surface area (Å²) in [6.45, 7) is 0.153. The highest BCUT2D eigenvalue weighted by molar-refractivity contribution is 6.31. The number of nitro benzene ring substituents is 1. The summed E-state index contributed by atoms with van der Waals surface area (Å²) in [4.78, 5) is 10.0. The van der Waals surface area contributed by atoms with Gasteiger partial charge in [-0.3, -0.25) is 10.1 Å². The van der Waals surface area contributed by atoms with Crippen LogP contribution in [0.5, 0.6) is 0 Å². The highest BCUT2D eigenvalue weighted by Crippen LogP contribution is 2.28. The van der Waals surface area contributed by atoms with Gasteiger partial charge in [-0.05, 0) is 13.1 Å². The maximum atomic E-state index is 10.6. The van der Waals surface area contributed by atoms with E-state index in [2.05, 4.69) is 5.32 Å². The predicted octanol–water partition coefficient (Wildman–Crippen LogP) is 0.862. The zero-order valence-electron chi connectivity index (χ0n) is 9.13. The molecule has 0 aromatic heterocycles. The van der Waals surface area contributed by atoms with Crippen LogP contribution < -0.4 is 5.32 Å². The molecule has 0 aliphatic carbocycles. The Morgan fingerprint density at radius 3 is 2.71 bits per heavy atom. The summed E-state index contributed by atoms with van der Waals surface area (Å²) in [5, 5.41) is 32.8. The molecular weight excluding hydrogens is 248 g/mol. The maximum absolute atomic E-state index is 10.6. The zero-order chi connectivity index (χ0) is 13.0. The molecular formula is C10H13ClN2O4. The Morgan fingerprint density at radius 1 is 1.53 bits per heavy atom. The smallest absolute Gasteiger partial charge is 0.269 e. The standard InChI is InChI=1S/C10H13ClN2O4/c1-12-5-9(14)10(15)7-4-6(13(16)17)2-3-8(7)11/h2-4,9-10,12,14-15H,5H2,1H3. The second-order valence-corrected chi connectivity index (χ2v) is 3.94. The van der Waals surface area contributed by atoms with E-state index in [1.54, 1.807) is 7.05 Å². The molecule has 0 aliphatic rings. The number of non-ortho nitro benzene ring substituents is 1. The molecule has 0 amide bonds. The van der Waals surface area contributed by atoms with Crippen molar-refractivity contribution in [3.63, 3.8) is 0 Å². The number of aliphatic hydroxyl groups excluding tert-OH is 2. The van der Waals surface area contributed by atoms with Gasteiger partial charge in [0.15, 0.2) is 0 Å². The first-order valence-electron chi connectivity index (χ1n) is 4.92. The Morgan fingerprint density at radius 2 is 2.18 bits per heavy atom. The van der Waals surface area contributed by atoms with Gasteiger partial charge in [-0.25, -0.2) is 0 Å². The highest BCUT2D eigenvalue weighted by atomic mass is 35.5. The second kappa shape index (κ2) is 5.92. The summed E-state index contributed by atoms with van der Waals surface area (Å²) in [7, 11) is 1.62. The maximum Gasteiger partial charge on any atom is 0.269 e. The van der Waals surface area contributed by atoms with E-state index in [0.717, 1.165) is 6.07 Å². The monoisotopic (exact) mass is 260 g/mol.